The molecule has 0 spiro atoms. The summed E-state index contributed by atoms with van der Waals surface area (Å²) in [6, 6.07) is 13.3. The number of likely N-dealkylation sites (tertiary alicyclic amines) is 1. The van der Waals surface area contributed by atoms with Crippen LogP contribution < -0.4 is 5.32 Å². The molecular formula is C18H25N3. The Hall–Kier alpha value is -1.45. The van der Waals surface area contributed by atoms with E-state index < -0.39 is 0 Å². The van der Waals surface area contributed by atoms with Gasteiger partial charge in [0.1, 0.15) is 0 Å². The van der Waals surface area contributed by atoms with Gasteiger partial charge in [0, 0.05) is 24.5 Å². The average molecular weight is 283 g/mol. The number of para-hydroxylation sites is 1. The number of pyridine rings is 1. The van der Waals surface area contributed by atoms with Gasteiger partial charge >= 0.3 is 0 Å². The van der Waals surface area contributed by atoms with Gasteiger partial charge in [-0.25, -0.2) is 0 Å². The molecule has 1 fully saturated rings. The molecule has 2 aromatic rings. The van der Waals surface area contributed by atoms with Crippen LogP contribution in [0, 0.1) is 5.92 Å². The van der Waals surface area contributed by atoms with Crippen molar-refractivity contribution in [2.45, 2.75) is 32.9 Å². The Bertz CT molecular complexity index is 594. The van der Waals surface area contributed by atoms with Crippen molar-refractivity contribution >= 4 is 10.9 Å². The summed E-state index contributed by atoms with van der Waals surface area (Å²) < 4.78 is 0. The van der Waals surface area contributed by atoms with Crippen molar-refractivity contribution in [3.63, 3.8) is 0 Å². The fourth-order valence-corrected chi connectivity index (χ4v) is 3.11. The van der Waals surface area contributed by atoms with E-state index in [1.54, 1.807) is 0 Å². The molecule has 0 aliphatic carbocycles. The van der Waals surface area contributed by atoms with E-state index in [0.717, 1.165) is 30.2 Å². The molecule has 1 atom stereocenters. The number of benzene rings is 1. The van der Waals surface area contributed by atoms with Gasteiger partial charge in [-0.05, 0) is 51.4 Å². The first kappa shape index (κ1) is 14.5. The summed E-state index contributed by atoms with van der Waals surface area (Å²) in [6.07, 6.45) is 1.32. The smallest absolute Gasteiger partial charge is 0.0705 e. The Balaban J connectivity index is 1.51. The largest absolute Gasteiger partial charge is 0.311 e. The van der Waals surface area contributed by atoms with Crippen molar-refractivity contribution in [3.8, 4) is 0 Å². The first-order valence-electron chi connectivity index (χ1n) is 8.02. The molecule has 0 amide bonds. The molecule has 1 N–H and O–H groups in total. The van der Waals surface area contributed by atoms with Crippen LogP contribution in [0.1, 0.15) is 26.0 Å². The number of hydrogen-bond acceptors (Lipinski definition) is 3. The zero-order chi connectivity index (χ0) is 14.7. The first-order chi connectivity index (χ1) is 10.2. The van der Waals surface area contributed by atoms with Gasteiger partial charge in [-0.2, -0.15) is 0 Å². The third-order valence-corrected chi connectivity index (χ3v) is 4.44. The fourth-order valence-electron chi connectivity index (χ4n) is 3.11. The van der Waals surface area contributed by atoms with Gasteiger partial charge in [0.15, 0.2) is 0 Å². The highest BCUT2D eigenvalue weighted by Crippen LogP contribution is 2.18. The van der Waals surface area contributed by atoms with Crippen LogP contribution in [-0.2, 0) is 6.54 Å². The zero-order valence-electron chi connectivity index (χ0n) is 13.0. The number of nitrogens with one attached hydrogen (secondary N) is 1. The van der Waals surface area contributed by atoms with Crippen molar-refractivity contribution in [1.29, 1.82) is 0 Å². The maximum Gasteiger partial charge on any atom is 0.0705 e. The third-order valence-electron chi connectivity index (χ3n) is 4.44. The zero-order valence-corrected chi connectivity index (χ0v) is 13.0. The predicted molar refractivity (Wildman–Crippen MR) is 88.3 cm³/mol. The maximum atomic E-state index is 4.71. The van der Waals surface area contributed by atoms with E-state index in [1.165, 1.54) is 24.9 Å². The Morgan fingerprint density at radius 3 is 2.90 bits per heavy atom. The second kappa shape index (κ2) is 6.54. The van der Waals surface area contributed by atoms with Gasteiger partial charge in [-0.15, -0.1) is 0 Å². The molecule has 1 unspecified atom stereocenters. The number of fused-ring (bicyclic) bond motifs is 1. The minimum absolute atomic E-state index is 0.678. The molecule has 0 bridgehead atoms. The van der Waals surface area contributed by atoms with Crippen molar-refractivity contribution in [3.05, 3.63) is 42.1 Å². The lowest BCUT2D eigenvalue weighted by Crippen LogP contribution is -2.30. The number of aromatic nitrogens is 1. The van der Waals surface area contributed by atoms with Crippen LogP contribution in [0.25, 0.3) is 10.9 Å². The third kappa shape index (κ3) is 3.60. The van der Waals surface area contributed by atoms with E-state index in [9.17, 15) is 0 Å². The maximum absolute atomic E-state index is 4.71. The Morgan fingerprint density at radius 1 is 1.24 bits per heavy atom. The van der Waals surface area contributed by atoms with Crippen LogP contribution in [0.2, 0.25) is 0 Å². The molecule has 0 saturated carbocycles. The van der Waals surface area contributed by atoms with Crippen LogP contribution in [0.4, 0.5) is 0 Å². The highest BCUT2D eigenvalue weighted by molar-refractivity contribution is 5.78. The van der Waals surface area contributed by atoms with E-state index in [-0.39, 0.29) is 0 Å². The molecule has 1 aliphatic rings. The standard InChI is InChI=1S/C18H25N3/c1-14(2)21-10-9-15(13-21)11-19-12-17-8-7-16-5-3-4-6-18(16)20-17/h3-8,14-15,19H,9-13H2,1-2H3. The molecule has 2 heterocycles. The van der Waals surface area contributed by atoms with Crippen LogP contribution in [0.5, 0.6) is 0 Å². The normalized spacial score (nSPS) is 19.7. The fraction of sp³-hybridized carbons (Fsp3) is 0.500. The minimum Gasteiger partial charge on any atom is -0.311 e. The molecule has 3 rings (SSSR count). The molecular weight excluding hydrogens is 258 g/mol. The van der Waals surface area contributed by atoms with Crippen molar-refractivity contribution in [2.75, 3.05) is 19.6 Å². The Kier molecular flexibility index (Phi) is 4.51. The summed E-state index contributed by atoms with van der Waals surface area (Å²) in [5.41, 5.74) is 2.22. The van der Waals surface area contributed by atoms with E-state index in [2.05, 4.69) is 54.4 Å². The average Bonchev–Trinajstić information content (AvgIpc) is 2.96. The molecule has 1 aromatic heterocycles. The van der Waals surface area contributed by atoms with Gasteiger partial charge in [-0.3, -0.25) is 4.98 Å². The van der Waals surface area contributed by atoms with Gasteiger partial charge in [0.2, 0.25) is 0 Å². The highest BCUT2D eigenvalue weighted by Gasteiger charge is 2.23. The van der Waals surface area contributed by atoms with Crippen molar-refractivity contribution < 1.29 is 0 Å². The van der Waals surface area contributed by atoms with Gasteiger partial charge in [0.05, 0.1) is 11.2 Å². The Morgan fingerprint density at radius 2 is 2.10 bits per heavy atom. The lowest BCUT2D eigenvalue weighted by molar-refractivity contribution is 0.264. The molecule has 1 aliphatic heterocycles. The summed E-state index contributed by atoms with van der Waals surface area (Å²) in [5, 5.41) is 4.79. The SMILES string of the molecule is CC(C)N1CCC(CNCc2ccc3ccccc3n2)C1. The summed E-state index contributed by atoms with van der Waals surface area (Å²) in [7, 11) is 0. The molecule has 0 radical (unpaired) electrons. The van der Waals surface area contributed by atoms with Crippen molar-refractivity contribution in [1.82, 2.24) is 15.2 Å². The minimum atomic E-state index is 0.678. The predicted octanol–water partition coefficient (Wildman–Crippen LogP) is 3.05. The second-order valence-electron chi connectivity index (χ2n) is 6.37. The first-order valence-corrected chi connectivity index (χ1v) is 8.02. The molecule has 1 aromatic carbocycles. The summed E-state index contributed by atoms with van der Waals surface area (Å²) >= 11 is 0. The van der Waals surface area contributed by atoms with Gasteiger partial charge < -0.3 is 10.2 Å². The van der Waals surface area contributed by atoms with E-state index in [1.807, 2.05) is 6.07 Å². The number of nitrogens with zero attached hydrogens (tertiary/aromatic N) is 2. The monoisotopic (exact) mass is 283 g/mol. The molecule has 112 valence electrons. The van der Waals surface area contributed by atoms with E-state index >= 15 is 0 Å². The molecule has 3 nitrogen and oxygen atoms in total. The van der Waals surface area contributed by atoms with Gasteiger partial charge in [-0.1, -0.05) is 24.3 Å². The number of rotatable bonds is 5. The number of hydrogen-bond donors (Lipinski definition) is 1. The quantitative estimate of drug-likeness (QED) is 0.914. The summed E-state index contributed by atoms with van der Waals surface area (Å²) in [4.78, 5) is 7.28. The Labute approximate surface area is 127 Å². The highest BCUT2D eigenvalue weighted by atomic mass is 15.2. The lowest BCUT2D eigenvalue weighted by atomic mass is 10.1. The van der Waals surface area contributed by atoms with Gasteiger partial charge in [0.25, 0.3) is 0 Å². The van der Waals surface area contributed by atoms with Crippen molar-refractivity contribution in [2.24, 2.45) is 5.92 Å². The second-order valence-corrected chi connectivity index (χ2v) is 6.37. The van der Waals surface area contributed by atoms with E-state index in [4.69, 9.17) is 4.98 Å². The molecule has 21 heavy (non-hydrogen) atoms. The van der Waals surface area contributed by atoms with Crippen LogP contribution in [0.3, 0.4) is 0 Å². The summed E-state index contributed by atoms with van der Waals surface area (Å²) in [5.74, 6) is 0.785. The van der Waals surface area contributed by atoms with Crippen LogP contribution in [-0.4, -0.2) is 35.6 Å². The van der Waals surface area contributed by atoms with Crippen LogP contribution >= 0.6 is 0 Å². The summed E-state index contributed by atoms with van der Waals surface area (Å²) in [6.45, 7) is 9.01. The lowest BCUT2D eigenvalue weighted by Gasteiger charge is -2.20. The molecule has 1 saturated heterocycles. The van der Waals surface area contributed by atoms with E-state index in [0.29, 0.717) is 6.04 Å². The molecule has 3 heteroatoms. The van der Waals surface area contributed by atoms with Crippen LogP contribution in [0.15, 0.2) is 36.4 Å². The topological polar surface area (TPSA) is 28.2 Å².